The Kier molecular flexibility index (Phi) is 5.98. The van der Waals surface area contributed by atoms with Crippen molar-refractivity contribution >= 4 is 5.91 Å². The molecule has 5 heteroatoms. The van der Waals surface area contributed by atoms with E-state index in [0.29, 0.717) is 6.61 Å². The van der Waals surface area contributed by atoms with Gasteiger partial charge in [-0.1, -0.05) is 85.0 Å². The number of piperazine rings is 1. The van der Waals surface area contributed by atoms with Gasteiger partial charge in [0.25, 0.3) is 5.91 Å². The lowest BCUT2D eigenvalue weighted by atomic mass is 9.96. The van der Waals surface area contributed by atoms with Crippen molar-refractivity contribution in [2.24, 2.45) is 0 Å². The number of rotatable bonds is 4. The molecule has 0 unspecified atom stereocenters. The van der Waals surface area contributed by atoms with Crippen molar-refractivity contribution in [1.29, 1.82) is 0 Å². The molecule has 5 rings (SSSR count). The van der Waals surface area contributed by atoms with Crippen LogP contribution in [0.3, 0.4) is 0 Å². The van der Waals surface area contributed by atoms with Gasteiger partial charge in [0.05, 0.1) is 32.8 Å². The van der Waals surface area contributed by atoms with E-state index in [1.165, 1.54) is 16.0 Å². The maximum absolute atomic E-state index is 13.1. The number of hydrogen-bond donors (Lipinski definition) is 1. The van der Waals surface area contributed by atoms with Crippen LogP contribution in [-0.2, 0) is 14.3 Å². The molecule has 0 aromatic heterocycles. The zero-order valence-corrected chi connectivity index (χ0v) is 17.6. The van der Waals surface area contributed by atoms with Gasteiger partial charge in [-0.3, -0.25) is 4.79 Å². The van der Waals surface area contributed by atoms with Crippen molar-refractivity contribution in [2.45, 2.75) is 24.4 Å². The number of nitrogens with one attached hydrogen (secondary N) is 1. The summed E-state index contributed by atoms with van der Waals surface area (Å²) < 4.78 is 11.9. The van der Waals surface area contributed by atoms with E-state index in [-0.39, 0.29) is 24.2 Å². The van der Waals surface area contributed by atoms with Gasteiger partial charge < -0.3 is 19.3 Å². The van der Waals surface area contributed by atoms with E-state index < -0.39 is 6.10 Å². The molecule has 160 valence electrons. The van der Waals surface area contributed by atoms with Gasteiger partial charge in [0.1, 0.15) is 18.2 Å². The summed E-state index contributed by atoms with van der Waals surface area (Å²) >= 11 is 0. The predicted octanol–water partition coefficient (Wildman–Crippen LogP) is 1.78. The van der Waals surface area contributed by atoms with Crippen LogP contribution in [0.4, 0.5) is 0 Å². The van der Waals surface area contributed by atoms with E-state index in [9.17, 15) is 4.79 Å². The molecular weight excluding hydrogens is 388 g/mol. The molecule has 2 saturated heterocycles. The van der Waals surface area contributed by atoms with Gasteiger partial charge in [-0.15, -0.1) is 0 Å². The van der Waals surface area contributed by atoms with Crippen molar-refractivity contribution in [3.63, 3.8) is 0 Å². The molecule has 1 N–H and O–H groups in total. The molecule has 5 nitrogen and oxygen atoms in total. The highest BCUT2D eigenvalue weighted by atomic mass is 16.6. The first-order valence-corrected chi connectivity index (χ1v) is 11.1. The minimum absolute atomic E-state index is 0.0522. The summed E-state index contributed by atoms with van der Waals surface area (Å²) in [5, 5.41) is 0. The first-order chi connectivity index (χ1) is 15.3. The second-order valence-corrected chi connectivity index (χ2v) is 8.40. The van der Waals surface area contributed by atoms with Gasteiger partial charge in [0, 0.05) is 11.1 Å². The number of allylic oxidation sites excluding steroid dienone is 2. The molecule has 2 heterocycles. The first kappa shape index (κ1) is 20.2. The van der Waals surface area contributed by atoms with E-state index in [0.717, 1.165) is 26.2 Å². The first-order valence-electron chi connectivity index (χ1n) is 11.1. The van der Waals surface area contributed by atoms with Crippen molar-refractivity contribution in [3.8, 4) is 0 Å². The summed E-state index contributed by atoms with van der Waals surface area (Å²) in [6.07, 6.45) is 7.11. The number of carbonyl (C=O) groups is 1. The van der Waals surface area contributed by atoms with Crippen molar-refractivity contribution in [1.82, 2.24) is 4.90 Å². The highest BCUT2D eigenvalue weighted by Gasteiger charge is 2.38. The number of nitrogens with zero attached hydrogens (tertiary/aromatic N) is 1. The fourth-order valence-corrected chi connectivity index (χ4v) is 4.86. The third kappa shape index (κ3) is 4.35. The highest BCUT2D eigenvalue weighted by Crippen LogP contribution is 2.22. The van der Waals surface area contributed by atoms with Crippen LogP contribution in [0.1, 0.15) is 17.2 Å². The third-order valence-electron chi connectivity index (χ3n) is 6.46. The summed E-state index contributed by atoms with van der Waals surface area (Å²) in [7, 11) is 0. The van der Waals surface area contributed by atoms with Gasteiger partial charge >= 0.3 is 0 Å². The van der Waals surface area contributed by atoms with E-state index in [2.05, 4.69) is 60.7 Å². The Morgan fingerprint density at radius 1 is 0.871 bits per heavy atom. The van der Waals surface area contributed by atoms with Crippen LogP contribution >= 0.6 is 0 Å². The molecule has 31 heavy (non-hydrogen) atoms. The fourth-order valence-electron chi connectivity index (χ4n) is 4.86. The van der Waals surface area contributed by atoms with Crippen LogP contribution in [0, 0.1) is 0 Å². The zero-order valence-electron chi connectivity index (χ0n) is 17.6. The number of carbonyl (C=O) groups excluding carboxylic acids is 1. The molecule has 2 aliphatic heterocycles. The summed E-state index contributed by atoms with van der Waals surface area (Å²) in [5.41, 5.74) is 2.63. The third-order valence-corrected chi connectivity index (χ3v) is 6.46. The highest BCUT2D eigenvalue weighted by molar-refractivity contribution is 5.81. The van der Waals surface area contributed by atoms with Gasteiger partial charge in [0.2, 0.25) is 0 Å². The second-order valence-electron chi connectivity index (χ2n) is 8.40. The number of benzene rings is 2. The second kappa shape index (κ2) is 9.18. The minimum atomic E-state index is -0.516. The quantitative estimate of drug-likeness (QED) is 0.825. The lowest BCUT2D eigenvalue weighted by Crippen LogP contribution is -3.15. The lowest BCUT2D eigenvalue weighted by Gasteiger charge is -2.40. The Morgan fingerprint density at radius 3 is 2.06 bits per heavy atom. The SMILES string of the molecule is O=C([C@@H]1CO[C@H]2C=CC=C[C@@H]2O1)N1CC[NH+](C(c2ccccc2)c2ccccc2)CC1. The molecule has 3 atom stereocenters. The Morgan fingerprint density at radius 2 is 1.45 bits per heavy atom. The van der Waals surface area contributed by atoms with Crippen molar-refractivity contribution < 1.29 is 19.2 Å². The summed E-state index contributed by atoms with van der Waals surface area (Å²) in [4.78, 5) is 16.6. The standard InChI is InChI=1S/C26H28N2O3/c29-26(24-19-30-22-13-7-8-14-23(22)31-24)28-17-15-27(16-18-28)25(20-9-3-1-4-10-20)21-11-5-2-6-12-21/h1-14,22-25H,15-19H2/p+1/t22-,23-,24-/m0/s1. The van der Waals surface area contributed by atoms with E-state index in [4.69, 9.17) is 9.47 Å². The summed E-state index contributed by atoms with van der Waals surface area (Å²) in [6.45, 7) is 3.59. The Hall–Kier alpha value is -2.73. The number of amides is 1. The molecule has 0 bridgehead atoms. The number of fused-ring (bicyclic) bond motifs is 1. The molecule has 2 fully saturated rings. The Labute approximate surface area is 183 Å². The molecule has 0 saturated carbocycles. The van der Waals surface area contributed by atoms with Crippen molar-refractivity contribution in [2.75, 3.05) is 32.8 Å². The molecule has 1 amide bonds. The summed E-state index contributed by atoms with van der Waals surface area (Å²) in [6, 6.07) is 21.6. The predicted molar refractivity (Wildman–Crippen MR) is 119 cm³/mol. The maximum Gasteiger partial charge on any atom is 0.254 e. The molecule has 0 radical (unpaired) electrons. The maximum atomic E-state index is 13.1. The zero-order chi connectivity index (χ0) is 21.0. The molecule has 0 spiro atoms. The molecule has 1 aliphatic carbocycles. The van der Waals surface area contributed by atoms with Crippen LogP contribution in [0.25, 0.3) is 0 Å². The normalized spacial score (nSPS) is 26.1. The topological polar surface area (TPSA) is 43.2 Å². The number of hydrogen-bond acceptors (Lipinski definition) is 3. The molecule has 2 aromatic rings. The van der Waals surface area contributed by atoms with Gasteiger partial charge in [-0.2, -0.15) is 0 Å². The summed E-state index contributed by atoms with van der Waals surface area (Å²) in [5.74, 6) is 0.0522. The van der Waals surface area contributed by atoms with Crippen LogP contribution in [0.5, 0.6) is 0 Å². The number of quaternary nitrogens is 1. The minimum Gasteiger partial charge on any atom is -0.368 e. The monoisotopic (exact) mass is 417 g/mol. The van der Waals surface area contributed by atoms with E-state index >= 15 is 0 Å². The van der Waals surface area contributed by atoms with E-state index in [1.807, 2.05) is 29.2 Å². The van der Waals surface area contributed by atoms with E-state index in [1.54, 1.807) is 0 Å². The van der Waals surface area contributed by atoms with Gasteiger partial charge in [0.15, 0.2) is 6.10 Å². The van der Waals surface area contributed by atoms with Crippen LogP contribution < -0.4 is 4.90 Å². The molecule has 2 aromatic carbocycles. The average Bonchev–Trinajstić information content (AvgIpc) is 2.85. The van der Waals surface area contributed by atoms with Crippen LogP contribution in [0.2, 0.25) is 0 Å². The fraction of sp³-hybridized carbons (Fsp3) is 0.346. The smallest absolute Gasteiger partial charge is 0.254 e. The van der Waals surface area contributed by atoms with Crippen LogP contribution in [0.15, 0.2) is 85.0 Å². The Balaban J connectivity index is 1.25. The lowest BCUT2D eigenvalue weighted by molar-refractivity contribution is -0.929. The largest absolute Gasteiger partial charge is 0.368 e. The van der Waals surface area contributed by atoms with Gasteiger partial charge in [-0.25, -0.2) is 0 Å². The van der Waals surface area contributed by atoms with Crippen LogP contribution in [-0.4, -0.2) is 61.9 Å². The van der Waals surface area contributed by atoms with Crippen molar-refractivity contribution in [3.05, 3.63) is 96.1 Å². The molecular formula is C26H29N2O3+. The van der Waals surface area contributed by atoms with Gasteiger partial charge in [-0.05, 0) is 0 Å². The average molecular weight is 418 g/mol. The Bertz CT molecular complexity index is 896. The number of ether oxygens (including phenoxy) is 2. The molecule has 3 aliphatic rings.